The number of nitrogens with zero attached hydrogens (tertiary/aromatic N) is 2. The largest absolute Gasteiger partial charge is 0.375 e. The van der Waals surface area contributed by atoms with Gasteiger partial charge in [-0.2, -0.15) is 0 Å². The van der Waals surface area contributed by atoms with Crippen LogP contribution in [0.1, 0.15) is 33.1 Å². The summed E-state index contributed by atoms with van der Waals surface area (Å²) in [6, 6.07) is 0.520. The van der Waals surface area contributed by atoms with Crippen LogP contribution in [-0.2, 0) is 9.53 Å². The lowest BCUT2D eigenvalue weighted by molar-refractivity contribution is -0.140. The Kier molecular flexibility index (Phi) is 6.26. The lowest BCUT2D eigenvalue weighted by atomic mass is 10.1. The Morgan fingerprint density at radius 1 is 1.50 bits per heavy atom. The third kappa shape index (κ3) is 4.43. The van der Waals surface area contributed by atoms with Gasteiger partial charge in [0.2, 0.25) is 5.91 Å². The van der Waals surface area contributed by atoms with Crippen molar-refractivity contribution in [3.8, 4) is 0 Å². The number of hydrogen-bond acceptors (Lipinski definition) is 4. The number of hydrogen-bond donors (Lipinski definition) is 1. The highest BCUT2D eigenvalue weighted by Gasteiger charge is 2.26. The van der Waals surface area contributed by atoms with Crippen molar-refractivity contribution >= 4 is 5.91 Å². The molecule has 0 spiro atoms. The van der Waals surface area contributed by atoms with Crippen molar-refractivity contribution < 1.29 is 9.53 Å². The van der Waals surface area contributed by atoms with Crippen LogP contribution in [0.25, 0.3) is 0 Å². The average Bonchev–Trinajstić information content (AvgIpc) is 2.47. The van der Waals surface area contributed by atoms with Crippen LogP contribution in [0.3, 0.4) is 0 Å². The fourth-order valence-electron chi connectivity index (χ4n) is 3.14. The van der Waals surface area contributed by atoms with Crippen LogP contribution >= 0.6 is 0 Å². The molecule has 2 fully saturated rings. The van der Waals surface area contributed by atoms with E-state index in [0.29, 0.717) is 19.2 Å². The summed E-state index contributed by atoms with van der Waals surface area (Å²) >= 11 is 0. The molecule has 5 nitrogen and oxygen atoms in total. The van der Waals surface area contributed by atoms with E-state index in [9.17, 15) is 4.79 Å². The Bertz CT molecular complexity index is 305. The first-order valence-electron chi connectivity index (χ1n) is 8.05. The topological polar surface area (TPSA) is 44.8 Å². The highest BCUT2D eigenvalue weighted by molar-refractivity contribution is 5.78. The van der Waals surface area contributed by atoms with Crippen LogP contribution in [0.15, 0.2) is 0 Å². The molecule has 2 heterocycles. The smallest absolute Gasteiger partial charge is 0.236 e. The summed E-state index contributed by atoms with van der Waals surface area (Å²) in [5.74, 6) is 0.263. The minimum Gasteiger partial charge on any atom is -0.375 e. The van der Waals surface area contributed by atoms with Gasteiger partial charge in [0.1, 0.15) is 0 Å². The lowest BCUT2D eigenvalue weighted by Crippen LogP contribution is -2.52. The Labute approximate surface area is 122 Å². The maximum Gasteiger partial charge on any atom is 0.236 e. The van der Waals surface area contributed by atoms with Gasteiger partial charge in [0.15, 0.2) is 0 Å². The standard InChI is InChI=1S/C15H29N3O2/c1-3-7-17(14-5-4-6-16-10-14)12-15(19)18-8-9-20-13(2)11-18/h13-14,16H,3-12H2,1-2H3. The highest BCUT2D eigenvalue weighted by Crippen LogP contribution is 2.12. The average molecular weight is 283 g/mol. The van der Waals surface area contributed by atoms with Crippen LogP contribution in [0.4, 0.5) is 0 Å². The molecular weight excluding hydrogens is 254 g/mol. The first-order chi connectivity index (χ1) is 9.70. The summed E-state index contributed by atoms with van der Waals surface area (Å²) in [4.78, 5) is 16.8. The molecule has 116 valence electrons. The van der Waals surface area contributed by atoms with E-state index in [2.05, 4.69) is 17.1 Å². The van der Waals surface area contributed by atoms with Crippen LogP contribution < -0.4 is 5.32 Å². The molecule has 5 heteroatoms. The van der Waals surface area contributed by atoms with E-state index in [4.69, 9.17) is 4.74 Å². The molecule has 0 saturated carbocycles. The summed E-state index contributed by atoms with van der Waals surface area (Å²) in [5.41, 5.74) is 0. The maximum atomic E-state index is 12.5. The van der Waals surface area contributed by atoms with Gasteiger partial charge in [0.25, 0.3) is 0 Å². The van der Waals surface area contributed by atoms with E-state index >= 15 is 0 Å². The molecule has 0 bridgehead atoms. The number of morpholine rings is 1. The van der Waals surface area contributed by atoms with E-state index in [-0.39, 0.29) is 12.0 Å². The Balaban J connectivity index is 1.87. The van der Waals surface area contributed by atoms with E-state index in [1.165, 1.54) is 12.8 Å². The molecule has 0 aliphatic carbocycles. The van der Waals surface area contributed by atoms with Crippen molar-refractivity contribution in [2.24, 2.45) is 0 Å². The first kappa shape index (κ1) is 15.7. The van der Waals surface area contributed by atoms with E-state index in [0.717, 1.165) is 39.1 Å². The van der Waals surface area contributed by atoms with Crippen LogP contribution in [0, 0.1) is 0 Å². The fraction of sp³-hybridized carbons (Fsp3) is 0.933. The van der Waals surface area contributed by atoms with Gasteiger partial charge < -0.3 is 15.0 Å². The van der Waals surface area contributed by atoms with E-state index in [1.807, 2.05) is 11.8 Å². The second kappa shape index (κ2) is 7.96. The van der Waals surface area contributed by atoms with Gasteiger partial charge in [-0.1, -0.05) is 6.92 Å². The Morgan fingerprint density at radius 2 is 2.35 bits per heavy atom. The minimum absolute atomic E-state index is 0.170. The molecule has 2 rings (SSSR count). The predicted molar refractivity (Wildman–Crippen MR) is 79.7 cm³/mol. The molecule has 20 heavy (non-hydrogen) atoms. The van der Waals surface area contributed by atoms with Crippen molar-refractivity contribution in [2.45, 2.75) is 45.3 Å². The monoisotopic (exact) mass is 283 g/mol. The third-order valence-electron chi connectivity index (χ3n) is 4.23. The third-order valence-corrected chi connectivity index (χ3v) is 4.23. The summed E-state index contributed by atoms with van der Waals surface area (Å²) in [5, 5.41) is 3.45. The molecule has 0 aromatic carbocycles. The predicted octanol–water partition coefficient (Wildman–Crippen LogP) is 0.698. The van der Waals surface area contributed by atoms with Gasteiger partial charge in [-0.15, -0.1) is 0 Å². The molecule has 0 radical (unpaired) electrons. The number of piperidine rings is 1. The van der Waals surface area contributed by atoms with Crippen molar-refractivity contribution in [3.63, 3.8) is 0 Å². The first-order valence-corrected chi connectivity index (χ1v) is 8.05. The van der Waals surface area contributed by atoms with E-state index in [1.54, 1.807) is 0 Å². The van der Waals surface area contributed by atoms with Gasteiger partial charge in [-0.3, -0.25) is 9.69 Å². The highest BCUT2D eigenvalue weighted by atomic mass is 16.5. The zero-order valence-corrected chi connectivity index (χ0v) is 12.9. The number of nitrogens with one attached hydrogen (secondary N) is 1. The molecular formula is C15H29N3O2. The summed E-state index contributed by atoms with van der Waals surface area (Å²) in [6.45, 7) is 10.1. The number of carbonyl (C=O) groups is 1. The lowest BCUT2D eigenvalue weighted by Gasteiger charge is -2.37. The number of carbonyl (C=O) groups excluding carboxylic acids is 1. The van der Waals surface area contributed by atoms with Crippen molar-refractivity contribution in [1.82, 2.24) is 15.1 Å². The summed E-state index contributed by atoms with van der Waals surface area (Å²) in [7, 11) is 0. The molecule has 2 aliphatic heterocycles. The van der Waals surface area contributed by atoms with Crippen molar-refractivity contribution in [3.05, 3.63) is 0 Å². The molecule has 2 unspecified atom stereocenters. The second-order valence-electron chi connectivity index (χ2n) is 5.99. The minimum atomic E-state index is 0.170. The Hall–Kier alpha value is -0.650. The van der Waals surface area contributed by atoms with Gasteiger partial charge in [-0.05, 0) is 39.3 Å². The normalized spacial score (nSPS) is 27.9. The van der Waals surface area contributed by atoms with Crippen molar-refractivity contribution in [1.29, 1.82) is 0 Å². The fourth-order valence-corrected chi connectivity index (χ4v) is 3.14. The molecule has 2 atom stereocenters. The number of amides is 1. The van der Waals surface area contributed by atoms with Crippen LogP contribution in [-0.4, -0.2) is 73.7 Å². The second-order valence-corrected chi connectivity index (χ2v) is 5.99. The van der Waals surface area contributed by atoms with Gasteiger partial charge in [0, 0.05) is 25.7 Å². The summed E-state index contributed by atoms with van der Waals surface area (Å²) in [6.07, 6.45) is 3.69. The van der Waals surface area contributed by atoms with Crippen LogP contribution in [0.2, 0.25) is 0 Å². The molecule has 1 N–H and O–H groups in total. The molecule has 0 aromatic heterocycles. The SMILES string of the molecule is CCCN(CC(=O)N1CCOC(C)C1)C1CCCNC1. The summed E-state index contributed by atoms with van der Waals surface area (Å²) < 4.78 is 5.51. The van der Waals surface area contributed by atoms with Gasteiger partial charge in [0.05, 0.1) is 19.3 Å². The molecule has 2 aliphatic rings. The Morgan fingerprint density at radius 3 is 3.00 bits per heavy atom. The quantitative estimate of drug-likeness (QED) is 0.807. The maximum absolute atomic E-state index is 12.5. The molecule has 2 saturated heterocycles. The van der Waals surface area contributed by atoms with Gasteiger partial charge >= 0.3 is 0 Å². The number of ether oxygens (including phenoxy) is 1. The van der Waals surface area contributed by atoms with Crippen LogP contribution in [0.5, 0.6) is 0 Å². The zero-order chi connectivity index (χ0) is 14.4. The molecule has 0 aromatic rings. The molecule has 1 amide bonds. The van der Waals surface area contributed by atoms with E-state index < -0.39 is 0 Å². The van der Waals surface area contributed by atoms with Crippen molar-refractivity contribution in [2.75, 3.05) is 45.9 Å². The van der Waals surface area contributed by atoms with Gasteiger partial charge in [-0.25, -0.2) is 0 Å². The zero-order valence-electron chi connectivity index (χ0n) is 12.9. The number of rotatable bonds is 5.